The molecule has 0 atom stereocenters. The fourth-order valence-corrected chi connectivity index (χ4v) is 4.30. The summed E-state index contributed by atoms with van der Waals surface area (Å²) in [6, 6.07) is 9.83. The number of nitrogens with zero attached hydrogens (tertiary/aromatic N) is 2. The van der Waals surface area contributed by atoms with E-state index in [0.717, 1.165) is 32.7 Å². The Morgan fingerprint density at radius 1 is 1.18 bits per heavy atom. The summed E-state index contributed by atoms with van der Waals surface area (Å²) in [5.74, 6) is 1.25. The summed E-state index contributed by atoms with van der Waals surface area (Å²) in [6.45, 7) is 8.38. The third-order valence-corrected chi connectivity index (χ3v) is 5.66. The highest BCUT2D eigenvalue weighted by Crippen LogP contribution is 2.35. The summed E-state index contributed by atoms with van der Waals surface area (Å²) >= 11 is 1.41. The third-order valence-electron chi connectivity index (χ3n) is 4.57. The average Bonchev–Trinajstić information content (AvgIpc) is 3.02. The van der Waals surface area contributed by atoms with Gasteiger partial charge in [-0.1, -0.05) is 41.2 Å². The molecule has 1 heterocycles. The van der Waals surface area contributed by atoms with Gasteiger partial charge in [0.05, 0.1) is 20.6 Å². The molecule has 0 aliphatic rings. The summed E-state index contributed by atoms with van der Waals surface area (Å²) in [4.78, 5) is 17.7. The van der Waals surface area contributed by atoms with Crippen LogP contribution < -0.4 is 14.3 Å². The average molecular weight is 397 g/mol. The second-order valence-corrected chi connectivity index (χ2v) is 7.52. The van der Waals surface area contributed by atoms with Crippen molar-refractivity contribution in [2.75, 3.05) is 14.2 Å². The first kappa shape index (κ1) is 19.9. The maximum Gasteiger partial charge on any atom is 0.252 e. The molecule has 6 heteroatoms. The SMILES string of the molecule is C=CCn1c(=NC(=O)Cc2cc(C)ccc2C)sc2c(OC)ccc(OC)c21. The van der Waals surface area contributed by atoms with Crippen LogP contribution in [0.4, 0.5) is 0 Å². The van der Waals surface area contributed by atoms with Gasteiger partial charge in [-0.25, -0.2) is 0 Å². The van der Waals surface area contributed by atoms with Gasteiger partial charge in [0.15, 0.2) is 4.80 Å². The van der Waals surface area contributed by atoms with E-state index >= 15 is 0 Å². The van der Waals surface area contributed by atoms with Crippen molar-refractivity contribution in [3.8, 4) is 11.5 Å². The van der Waals surface area contributed by atoms with Gasteiger partial charge in [-0.2, -0.15) is 4.99 Å². The number of benzene rings is 2. The molecule has 0 unspecified atom stereocenters. The fraction of sp³-hybridized carbons (Fsp3) is 0.273. The molecule has 0 saturated carbocycles. The van der Waals surface area contributed by atoms with Crippen molar-refractivity contribution < 1.29 is 14.3 Å². The van der Waals surface area contributed by atoms with E-state index < -0.39 is 0 Å². The smallest absolute Gasteiger partial charge is 0.252 e. The number of thiazole rings is 1. The van der Waals surface area contributed by atoms with Crippen molar-refractivity contribution in [3.63, 3.8) is 0 Å². The summed E-state index contributed by atoms with van der Waals surface area (Å²) < 4.78 is 13.8. The third kappa shape index (κ3) is 3.87. The van der Waals surface area contributed by atoms with E-state index in [0.29, 0.717) is 17.1 Å². The normalized spacial score (nSPS) is 11.6. The number of fused-ring (bicyclic) bond motifs is 1. The summed E-state index contributed by atoms with van der Waals surface area (Å²) in [7, 11) is 3.25. The van der Waals surface area contributed by atoms with Crippen molar-refractivity contribution >= 4 is 27.5 Å². The second kappa shape index (κ2) is 8.44. The van der Waals surface area contributed by atoms with Crippen LogP contribution in [0.1, 0.15) is 16.7 Å². The summed E-state index contributed by atoms with van der Waals surface area (Å²) in [6.07, 6.45) is 2.05. The predicted octanol–water partition coefficient (Wildman–Crippen LogP) is 4.19. The molecule has 1 aromatic heterocycles. The van der Waals surface area contributed by atoms with Gasteiger partial charge >= 0.3 is 0 Å². The van der Waals surface area contributed by atoms with Gasteiger partial charge in [0.2, 0.25) is 0 Å². The van der Waals surface area contributed by atoms with E-state index in [4.69, 9.17) is 9.47 Å². The monoisotopic (exact) mass is 396 g/mol. The Balaban J connectivity index is 2.13. The number of hydrogen-bond donors (Lipinski definition) is 0. The Labute approximate surface area is 168 Å². The van der Waals surface area contributed by atoms with Crippen LogP contribution in [-0.2, 0) is 17.8 Å². The predicted molar refractivity (Wildman–Crippen MR) is 113 cm³/mol. The Bertz CT molecular complexity index is 1110. The van der Waals surface area contributed by atoms with Gasteiger partial charge in [-0.05, 0) is 37.1 Å². The molecule has 3 aromatic rings. The number of aromatic nitrogens is 1. The molecule has 0 radical (unpaired) electrons. The number of amides is 1. The van der Waals surface area contributed by atoms with Gasteiger partial charge in [-0.3, -0.25) is 4.79 Å². The molecule has 5 nitrogen and oxygen atoms in total. The molecule has 0 aliphatic carbocycles. The molecule has 0 bridgehead atoms. The van der Waals surface area contributed by atoms with Crippen LogP contribution in [-0.4, -0.2) is 24.7 Å². The van der Waals surface area contributed by atoms with Crippen molar-refractivity contribution in [3.05, 3.63) is 64.5 Å². The van der Waals surface area contributed by atoms with Crippen molar-refractivity contribution in [2.24, 2.45) is 4.99 Å². The van der Waals surface area contributed by atoms with Gasteiger partial charge in [0.25, 0.3) is 5.91 Å². The topological polar surface area (TPSA) is 52.8 Å². The Morgan fingerprint density at radius 2 is 1.89 bits per heavy atom. The van der Waals surface area contributed by atoms with Gasteiger partial charge in [0, 0.05) is 6.54 Å². The first-order valence-corrected chi connectivity index (χ1v) is 9.79. The largest absolute Gasteiger partial charge is 0.495 e. The quantitative estimate of drug-likeness (QED) is 0.587. The highest BCUT2D eigenvalue weighted by Gasteiger charge is 2.16. The zero-order valence-corrected chi connectivity index (χ0v) is 17.4. The molecule has 0 spiro atoms. The number of allylic oxidation sites excluding steroid dienone is 1. The van der Waals surface area contributed by atoms with E-state index in [1.165, 1.54) is 11.3 Å². The molecule has 0 aliphatic heterocycles. The van der Waals surface area contributed by atoms with Gasteiger partial charge in [0.1, 0.15) is 21.7 Å². The van der Waals surface area contributed by atoms with E-state index in [9.17, 15) is 4.79 Å². The molecular formula is C22H24N2O3S. The lowest BCUT2D eigenvalue weighted by atomic mass is 10.0. The van der Waals surface area contributed by atoms with Gasteiger partial charge in [-0.15, -0.1) is 6.58 Å². The molecule has 0 saturated heterocycles. The maximum atomic E-state index is 12.7. The zero-order chi connectivity index (χ0) is 20.3. The number of ether oxygens (including phenoxy) is 2. The second-order valence-electron chi connectivity index (χ2n) is 6.54. The molecular weight excluding hydrogens is 372 g/mol. The van der Waals surface area contributed by atoms with Crippen LogP contribution in [0, 0.1) is 13.8 Å². The van der Waals surface area contributed by atoms with Crippen LogP contribution in [0.3, 0.4) is 0 Å². The number of methoxy groups -OCH3 is 2. The Kier molecular flexibility index (Phi) is 5.99. The number of carbonyl (C=O) groups excluding carboxylic acids is 1. The van der Waals surface area contributed by atoms with Crippen molar-refractivity contribution in [1.29, 1.82) is 0 Å². The summed E-state index contributed by atoms with van der Waals surface area (Å²) in [5.41, 5.74) is 4.07. The van der Waals surface area contributed by atoms with Crippen LogP contribution >= 0.6 is 11.3 Å². The van der Waals surface area contributed by atoms with E-state index in [1.807, 2.05) is 48.7 Å². The minimum atomic E-state index is -0.184. The van der Waals surface area contributed by atoms with Crippen LogP contribution in [0.15, 0.2) is 48.0 Å². The molecule has 1 amide bonds. The minimum Gasteiger partial charge on any atom is -0.495 e. The number of aryl methyl sites for hydroxylation is 2. The first-order valence-electron chi connectivity index (χ1n) is 8.97. The van der Waals surface area contributed by atoms with E-state index in [-0.39, 0.29) is 12.3 Å². The maximum absolute atomic E-state index is 12.7. The molecule has 0 N–H and O–H groups in total. The van der Waals surface area contributed by atoms with Crippen LogP contribution in [0.2, 0.25) is 0 Å². The highest BCUT2D eigenvalue weighted by molar-refractivity contribution is 7.16. The lowest BCUT2D eigenvalue weighted by Crippen LogP contribution is -2.17. The summed E-state index contributed by atoms with van der Waals surface area (Å²) in [5, 5.41) is 0. The van der Waals surface area contributed by atoms with Gasteiger partial charge < -0.3 is 14.0 Å². The Hall–Kier alpha value is -2.86. The standard InChI is InChI=1S/C22H24N2O3S/c1-6-11-24-20-17(26-4)9-10-18(27-5)21(20)28-22(24)23-19(25)13-16-12-14(2)7-8-15(16)3/h6-10,12H,1,11,13H2,2-5H3. The van der Waals surface area contributed by atoms with Crippen LogP contribution in [0.5, 0.6) is 11.5 Å². The molecule has 3 rings (SSSR count). The zero-order valence-electron chi connectivity index (χ0n) is 16.6. The lowest BCUT2D eigenvalue weighted by molar-refractivity contribution is -0.117. The highest BCUT2D eigenvalue weighted by atomic mass is 32.1. The molecule has 146 valence electrons. The van der Waals surface area contributed by atoms with E-state index in [1.54, 1.807) is 20.3 Å². The number of hydrogen-bond acceptors (Lipinski definition) is 4. The fourth-order valence-electron chi connectivity index (χ4n) is 3.14. The van der Waals surface area contributed by atoms with E-state index in [2.05, 4.69) is 11.6 Å². The molecule has 0 fully saturated rings. The minimum absolute atomic E-state index is 0.184. The van der Waals surface area contributed by atoms with Crippen molar-refractivity contribution in [2.45, 2.75) is 26.8 Å². The number of carbonyl (C=O) groups is 1. The molecule has 28 heavy (non-hydrogen) atoms. The lowest BCUT2D eigenvalue weighted by Gasteiger charge is -2.08. The molecule has 2 aromatic carbocycles. The van der Waals surface area contributed by atoms with Crippen molar-refractivity contribution in [1.82, 2.24) is 4.57 Å². The number of rotatable bonds is 6. The Morgan fingerprint density at radius 3 is 2.57 bits per heavy atom. The van der Waals surface area contributed by atoms with Crippen LogP contribution in [0.25, 0.3) is 10.2 Å². The first-order chi connectivity index (χ1) is 13.5.